The van der Waals surface area contributed by atoms with Gasteiger partial charge in [0.1, 0.15) is 6.04 Å². The third-order valence-electron chi connectivity index (χ3n) is 6.07. The van der Waals surface area contributed by atoms with Gasteiger partial charge in [-0.1, -0.05) is 45.4 Å². The largest absolute Gasteiger partial charge is 0.481 e. The van der Waals surface area contributed by atoms with Crippen molar-refractivity contribution < 1.29 is 32.5 Å². The smallest absolute Gasteiger partial charge is 0.305 e. The Bertz CT molecular complexity index is 972. The molecule has 11 heteroatoms. The molecule has 0 radical (unpaired) electrons. The zero-order valence-corrected chi connectivity index (χ0v) is 21.4. The normalized spacial score (nSPS) is 18.7. The number of hydrogen-bond donors (Lipinski definition) is 5. The molecule has 0 unspecified atom stereocenters. The third-order valence-corrected chi connectivity index (χ3v) is 6.93. The van der Waals surface area contributed by atoms with Crippen LogP contribution >= 0.6 is 0 Å². The first-order chi connectivity index (χ1) is 15.4. The number of carbonyl (C=O) groups is 3. The fraction of sp³-hybridized carbons (Fsp3) is 0.609. The number of carboxylic acids is 1. The summed E-state index contributed by atoms with van der Waals surface area (Å²) in [6.07, 6.45) is 1.58. The minimum atomic E-state index is -4.02. The van der Waals surface area contributed by atoms with Gasteiger partial charge in [0.2, 0.25) is 11.8 Å². The first kappa shape index (κ1) is 29.5. The molecule has 1 aromatic rings. The van der Waals surface area contributed by atoms with E-state index >= 15 is 0 Å². The first-order valence-corrected chi connectivity index (χ1v) is 12.4. The summed E-state index contributed by atoms with van der Waals surface area (Å²) in [6, 6.07) is 4.06. The minimum Gasteiger partial charge on any atom is -0.481 e. The van der Waals surface area contributed by atoms with Crippen LogP contribution in [0, 0.1) is 17.8 Å². The second-order valence-corrected chi connectivity index (χ2v) is 11.6. The Kier molecular flexibility index (Phi) is 9.80. The molecule has 0 aromatic heterocycles. The summed E-state index contributed by atoms with van der Waals surface area (Å²) in [5.41, 5.74) is 6.43. The number of carbonyl (C=O) groups excluding carboxylic acids is 2. The van der Waals surface area contributed by atoms with E-state index in [2.05, 4.69) is 38.3 Å². The molecule has 1 fully saturated rings. The predicted octanol–water partition coefficient (Wildman–Crippen LogP) is 1.87. The highest BCUT2D eigenvalue weighted by Crippen LogP contribution is 2.48. The summed E-state index contributed by atoms with van der Waals surface area (Å²) in [7, 11) is -4.02. The molecular weight excluding hydrogens is 462 g/mol. The van der Waals surface area contributed by atoms with Crippen LogP contribution in [-0.4, -0.2) is 54.0 Å². The van der Waals surface area contributed by atoms with Gasteiger partial charge in [-0.05, 0) is 49.7 Å². The lowest BCUT2D eigenvalue weighted by Crippen LogP contribution is -2.56. The molecule has 2 rings (SSSR count). The summed E-state index contributed by atoms with van der Waals surface area (Å²) in [4.78, 5) is 34.7. The Morgan fingerprint density at radius 2 is 1.53 bits per heavy atom. The fourth-order valence-electron chi connectivity index (χ4n) is 4.03. The highest BCUT2D eigenvalue weighted by Gasteiger charge is 2.47. The van der Waals surface area contributed by atoms with Gasteiger partial charge in [-0.2, -0.15) is 8.42 Å². The van der Waals surface area contributed by atoms with Crippen LogP contribution in [0.25, 0.3) is 0 Å². The molecule has 0 saturated heterocycles. The van der Waals surface area contributed by atoms with E-state index in [9.17, 15) is 22.8 Å². The van der Waals surface area contributed by atoms with Crippen LogP contribution in [-0.2, 0) is 24.5 Å². The Morgan fingerprint density at radius 1 is 1.06 bits per heavy atom. The number of nitrogens with two attached hydrogens (primary N) is 1. The van der Waals surface area contributed by atoms with Crippen molar-refractivity contribution in [2.24, 2.45) is 16.6 Å². The van der Waals surface area contributed by atoms with Crippen LogP contribution in [0.1, 0.15) is 59.4 Å². The van der Waals surface area contributed by atoms with Gasteiger partial charge >= 0.3 is 5.97 Å². The number of rotatable bonds is 7. The van der Waals surface area contributed by atoms with Gasteiger partial charge in [0.15, 0.2) is 0 Å². The predicted molar refractivity (Wildman–Crippen MR) is 128 cm³/mol. The van der Waals surface area contributed by atoms with Gasteiger partial charge in [-0.15, -0.1) is 0 Å². The van der Waals surface area contributed by atoms with Crippen molar-refractivity contribution in [1.29, 1.82) is 0 Å². The Hall–Kier alpha value is -2.50. The lowest BCUT2D eigenvalue weighted by molar-refractivity contribution is -0.139. The molecule has 0 heterocycles. The van der Waals surface area contributed by atoms with Gasteiger partial charge in [-0.25, -0.2) is 0 Å². The fourth-order valence-corrected chi connectivity index (χ4v) is 4.51. The Balaban J connectivity index is 0.000000437. The molecular formula is C23H37N3O7S. The van der Waals surface area contributed by atoms with Crippen molar-refractivity contribution in [3.05, 3.63) is 29.8 Å². The number of aryl methyl sites for hydroxylation is 1. The van der Waals surface area contributed by atoms with E-state index in [1.165, 1.54) is 12.1 Å². The average molecular weight is 500 g/mol. The van der Waals surface area contributed by atoms with Crippen LogP contribution in [0.15, 0.2) is 29.2 Å². The highest BCUT2D eigenvalue weighted by atomic mass is 32.2. The number of benzene rings is 1. The topological polar surface area (TPSA) is 176 Å². The molecule has 1 aromatic carbocycles. The highest BCUT2D eigenvalue weighted by molar-refractivity contribution is 7.85. The van der Waals surface area contributed by atoms with Crippen molar-refractivity contribution in [1.82, 2.24) is 10.6 Å². The van der Waals surface area contributed by atoms with E-state index in [1.54, 1.807) is 19.1 Å². The van der Waals surface area contributed by atoms with E-state index in [1.807, 2.05) is 6.92 Å². The van der Waals surface area contributed by atoms with Gasteiger partial charge in [0, 0.05) is 6.04 Å². The van der Waals surface area contributed by atoms with Gasteiger partial charge in [0.05, 0.1) is 17.4 Å². The van der Waals surface area contributed by atoms with Crippen molar-refractivity contribution in [2.75, 3.05) is 0 Å². The molecule has 2 atom stereocenters. The molecule has 0 bridgehead atoms. The molecule has 0 spiro atoms. The summed E-state index contributed by atoms with van der Waals surface area (Å²) in [5, 5.41) is 14.1. The molecule has 192 valence electrons. The summed E-state index contributed by atoms with van der Waals surface area (Å²) in [5.74, 6) is -2.08. The maximum absolute atomic E-state index is 12.4. The van der Waals surface area contributed by atoms with Gasteiger partial charge in [0.25, 0.3) is 10.1 Å². The van der Waals surface area contributed by atoms with Crippen LogP contribution in [0.5, 0.6) is 0 Å². The zero-order chi connectivity index (χ0) is 26.5. The Morgan fingerprint density at radius 3 is 1.94 bits per heavy atom. The first-order valence-electron chi connectivity index (χ1n) is 11.0. The maximum Gasteiger partial charge on any atom is 0.305 e. The number of aliphatic carboxylic acids is 1. The number of carboxylic acid groups (broad SMARTS) is 1. The van der Waals surface area contributed by atoms with Crippen molar-refractivity contribution in [3.63, 3.8) is 0 Å². The molecule has 6 N–H and O–H groups in total. The van der Waals surface area contributed by atoms with E-state index in [0.29, 0.717) is 0 Å². The minimum absolute atomic E-state index is 0.00884. The van der Waals surface area contributed by atoms with Crippen molar-refractivity contribution >= 4 is 27.9 Å². The molecule has 2 amide bonds. The van der Waals surface area contributed by atoms with Crippen molar-refractivity contribution in [3.8, 4) is 0 Å². The number of nitrogens with one attached hydrogen (secondary N) is 2. The van der Waals surface area contributed by atoms with Crippen LogP contribution in [0.4, 0.5) is 0 Å². The molecule has 34 heavy (non-hydrogen) atoms. The molecule has 0 aliphatic heterocycles. The third kappa shape index (κ3) is 8.69. The number of hydrogen-bond acceptors (Lipinski definition) is 6. The second-order valence-electron chi connectivity index (χ2n) is 10.1. The van der Waals surface area contributed by atoms with E-state index in [4.69, 9.17) is 15.4 Å². The molecule has 1 aliphatic carbocycles. The van der Waals surface area contributed by atoms with E-state index in [0.717, 1.165) is 18.4 Å². The zero-order valence-electron chi connectivity index (χ0n) is 20.6. The maximum atomic E-state index is 12.4. The standard InChI is InChI=1S/C16H29N3O4.C7H8O3S/c1-9(18-13(23)10(17)8-11(20)21)12(22)19-14-15(2,3)6-7-16(14,4)5;1-6-2-4-7(5-3-6)11(8,9)10/h9-10,14H,6-8,17H2,1-5H3,(H,18,23)(H,19,22)(H,20,21);2-5H,1H3,(H,8,9,10)/t9-,10+;/m1./s1. The van der Waals surface area contributed by atoms with Crippen LogP contribution in [0.3, 0.4) is 0 Å². The number of amides is 2. The van der Waals surface area contributed by atoms with Crippen LogP contribution in [0.2, 0.25) is 0 Å². The lowest BCUT2D eigenvalue weighted by atomic mass is 9.78. The lowest BCUT2D eigenvalue weighted by Gasteiger charge is -2.36. The van der Waals surface area contributed by atoms with Gasteiger partial charge < -0.3 is 21.5 Å². The van der Waals surface area contributed by atoms with E-state index in [-0.39, 0.29) is 27.7 Å². The van der Waals surface area contributed by atoms with Crippen molar-refractivity contribution in [2.45, 2.75) is 83.8 Å². The molecule has 10 nitrogen and oxygen atoms in total. The monoisotopic (exact) mass is 499 g/mol. The van der Waals surface area contributed by atoms with Gasteiger partial charge in [-0.3, -0.25) is 18.9 Å². The van der Waals surface area contributed by atoms with E-state index < -0.39 is 40.5 Å². The summed E-state index contributed by atoms with van der Waals surface area (Å²) < 4.78 is 29.6. The second kappa shape index (κ2) is 11.3. The Labute approximate surface area is 201 Å². The average Bonchev–Trinajstić information content (AvgIpc) is 2.90. The summed E-state index contributed by atoms with van der Waals surface area (Å²) in [6.45, 7) is 11.9. The summed E-state index contributed by atoms with van der Waals surface area (Å²) >= 11 is 0. The molecule has 1 saturated carbocycles. The molecule has 1 aliphatic rings. The SMILES string of the molecule is C[C@@H](NC(=O)[C@@H](N)CC(=O)O)C(=O)NC1C(C)(C)CCC1(C)C.Cc1ccc(S(=O)(=O)O)cc1. The quantitative estimate of drug-likeness (QED) is 0.353. The van der Waals surface area contributed by atoms with Crippen LogP contribution < -0.4 is 16.4 Å².